The van der Waals surface area contributed by atoms with Crippen LogP contribution >= 0.6 is 23.4 Å². The van der Waals surface area contributed by atoms with Gasteiger partial charge in [-0.05, 0) is 36.8 Å². The highest BCUT2D eigenvalue weighted by atomic mass is 35.5. The summed E-state index contributed by atoms with van der Waals surface area (Å²) in [4.78, 5) is 12.8. The molecular formula is C21H19ClN4O2S. The maximum absolute atomic E-state index is 12.8. The molecule has 2 aromatic carbocycles. The van der Waals surface area contributed by atoms with Crippen LogP contribution in [0.3, 0.4) is 0 Å². The number of allylic oxidation sites excluding steroid dienone is 1. The van der Waals surface area contributed by atoms with Gasteiger partial charge >= 0.3 is 0 Å². The summed E-state index contributed by atoms with van der Waals surface area (Å²) in [6.07, 6.45) is 2.52. The number of fused-ring (bicyclic) bond motifs is 3. The largest absolute Gasteiger partial charge is 0.494 e. The molecule has 0 saturated carbocycles. The number of benzene rings is 2. The van der Waals surface area contributed by atoms with Crippen LogP contribution < -0.4 is 10.3 Å². The van der Waals surface area contributed by atoms with E-state index in [0.717, 1.165) is 28.6 Å². The molecule has 8 heteroatoms. The molecule has 0 aliphatic rings. The van der Waals surface area contributed by atoms with Gasteiger partial charge in [-0.25, -0.2) is 0 Å². The normalized spacial score (nSPS) is 11.2. The van der Waals surface area contributed by atoms with Crippen LogP contribution in [0.1, 0.15) is 6.42 Å². The Bertz CT molecular complexity index is 1230. The zero-order chi connectivity index (χ0) is 20.2. The first kappa shape index (κ1) is 19.5. The quantitative estimate of drug-likeness (QED) is 0.237. The number of nitrogens with zero attached hydrogens (tertiary/aromatic N) is 4. The van der Waals surface area contributed by atoms with Crippen molar-refractivity contribution in [3.63, 3.8) is 0 Å². The molecular weight excluding hydrogens is 408 g/mol. The molecule has 29 heavy (non-hydrogen) atoms. The van der Waals surface area contributed by atoms with Crippen LogP contribution in [-0.4, -0.2) is 31.5 Å². The third kappa shape index (κ3) is 4.02. The van der Waals surface area contributed by atoms with E-state index in [-0.39, 0.29) is 5.56 Å². The van der Waals surface area contributed by atoms with Gasteiger partial charge in [0.2, 0.25) is 5.78 Å². The second-order valence-corrected chi connectivity index (χ2v) is 7.85. The molecule has 0 spiro atoms. The van der Waals surface area contributed by atoms with Crippen molar-refractivity contribution in [3.05, 3.63) is 76.6 Å². The molecule has 0 radical (unpaired) electrons. The maximum atomic E-state index is 12.8. The monoisotopic (exact) mass is 426 g/mol. The van der Waals surface area contributed by atoms with Gasteiger partial charge in [0.1, 0.15) is 5.75 Å². The average Bonchev–Trinajstić information content (AvgIpc) is 3.15. The van der Waals surface area contributed by atoms with Crippen molar-refractivity contribution in [1.29, 1.82) is 0 Å². The highest BCUT2D eigenvalue weighted by Gasteiger charge is 2.15. The smallest absolute Gasteiger partial charge is 0.263 e. The van der Waals surface area contributed by atoms with E-state index >= 15 is 0 Å². The molecule has 6 nitrogen and oxygen atoms in total. The molecule has 4 aromatic rings. The number of thioether (sulfide) groups is 1. The van der Waals surface area contributed by atoms with Gasteiger partial charge in [0.15, 0.2) is 5.16 Å². The summed E-state index contributed by atoms with van der Waals surface area (Å²) in [5.74, 6) is 2.08. The summed E-state index contributed by atoms with van der Waals surface area (Å²) in [6, 6.07) is 14.9. The van der Waals surface area contributed by atoms with E-state index in [9.17, 15) is 4.79 Å². The molecule has 2 heterocycles. The molecule has 0 aliphatic heterocycles. The van der Waals surface area contributed by atoms with Crippen LogP contribution in [0, 0.1) is 0 Å². The Morgan fingerprint density at radius 3 is 2.86 bits per heavy atom. The molecule has 2 aromatic heterocycles. The summed E-state index contributed by atoms with van der Waals surface area (Å²) in [5.41, 5.74) is 0.711. The second kappa shape index (κ2) is 8.71. The third-order valence-corrected chi connectivity index (χ3v) is 5.62. The summed E-state index contributed by atoms with van der Waals surface area (Å²) >= 11 is 7.55. The molecule has 0 unspecified atom stereocenters. The summed E-state index contributed by atoms with van der Waals surface area (Å²) in [6.45, 7) is 4.70. The molecule has 4 rings (SSSR count). The number of para-hydroxylation sites is 1. The van der Waals surface area contributed by atoms with E-state index in [1.165, 1.54) is 0 Å². The van der Waals surface area contributed by atoms with Gasteiger partial charge in [-0.1, -0.05) is 47.6 Å². The topological polar surface area (TPSA) is 61.4 Å². The van der Waals surface area contributed by atoms with Crippen molar-refractivity contribution in [3.8, 4) is 5.75 Å². The van der Waals surface area contributed by atoms with Gasteiger partial charge in [-0.3, -0.25) is 13.8 Å². The zero-order valence-electron chi connectivity index (χ0n) is 15.6. The molecule has 0 atom stereocenters. The predicted octanol–water partition coefficient (Wildman–Crippen LogP) is 4.44. The van der Waals surface area contributed by atoms with Gasteiger partial charge in [0.25, 0.3) is 5.56 Å². The number of halogens is 1. The second-order valence-electron chi connectivity index (χ2n) is 6.35. The number of hydrogen-bond donors (Lipinski definition) is 0. The predicted molar refractivity (Wildman–Crippen MR) is 117 cm³/mol. The van der Waals surface area contributed by atoms with Gasteiger partial charge in [-0.15, -0.1) is 16.8 Å². The lowest BCUT2D eigenvalue weighted by Gasteiger charge is -2.09. The highest BCUT2D eigenvalue weighted by Crippen LogP contribution is 2.22. The van der Waals surface area contributed by atoms with Gasteiger partial charge in [-0.2, -0.15) is 0 Å². The number of ether oxygens (including phenoxy) is 1. The average molecular weight is 427 g/mol. The van der Waals surface area contributed by atoms with Crippen molar-refractivity contribution < 1.29 is 4.74 Å². The standard InChI is InChI=1S/C21H19ClN4O2S/c1-2-11-25-19(27)17-9-3-4-10-18(17)26-20(25)23-24-21(26)29-13-6-12-28-16-8-5-7-15(22)14-16/h2-5,7-10,14H,1,6,11-13H2. The van der Waals surface area contributed by atoms with Crippen molar-refractivity contribution in [2.24, 2.45) is 0 Å². The van der Waals surface area contributed by atoms with Crippen molar-refractivity contribution in [2.75, 3.05) is 12.4 Å². The molecule has 0 saturated heterocycles. The molecule has 0 aliphatic carbocycles. The van der Waals surface area contributed by atoms with E-state index in [1.54, 1.807) is 28.5 Å². The first-order valence-electron chi connectivity index (χ1n) is 9.18. The van der Waals surface area contributed by atoms with Crippen LogP contribution in [0.2, 0.25) is 5.02 Å². The van der Waals surface area contributed by atoms with Crippen LogP contribution in [-0.2, 0) is 6.54 Å². The number of hydrogen-bond acceptors (Lipinski definition) is 5. The first-order chi connectivity index (χ1) is 14.2. The van der Waals surface area contributed by atoms with Crippen molar-refractivity contribution in [2.45, 2.75) is 18.1 Å². The van der Waals surface area contributed by atoms with Gasteiger partial charge in [0, 0.05) is 17.3 Å². The van der Waals surface area contributed by atoms with Crippen molar-refractivity contribution >= 4 is 40.0 Å². The Balaban J connectivity index is 1.54. The fourth-order valence-electron chi connectivity index (χ4n) is 3.09. The number of aromatic nitrogens is 4. The van der Waals surface area contributed by atoms with Crippen LogP contribution in [0.4, 0.5) is 0 Å². The summed E-state index contributed by atoms with van der Waals surface area (Å²) in [5, 5.41) is 10.6. The van der Waals surface area contributed by atoms with E-state index < -0.39 is 0 Å². The van der Waals surface area contributed by atoms with Crippen molar-refractivity contribution in [1.82, 2.24) is 19.2 Å². The van der Waals surface area contributed by atoms with Crippen LogP contribution in [0.15, 0.2) is 71.1 Å². The Morgan fingerprint density at radius 2 is 2.03 bits per heavy atom. The molecule has 0 N–H and O–H groups in total. The minimum atomic E-state index is -0.0909. The van der Waals surface area contributed by atoms with E-state index in [4.69, 9.17) is 16.3 Å². The number of rotatable bonds is 8. The van der Waals surface area contributed by atoms with Crippen LogP contribution in [0.25, 0.3) is 16.7 Å². The highest BCUT2D eigenvalue weighted by molar-refractivity contribution is 7.99. The third-order valence-electron chi connectivity index (χ3n) is 4.37. The first-order valence-corrected chi connectivity index (χ1v) is 10.5. The van der Waals surface area contributed by atoms with Gasteiger partial charge < -0.3 is 4.74 Å². The Labute approximate surface area is 176 Å². The lowest BCUT2D eigenvalue weighted by Crippen LogP contribution is -2.22. The van der Waals surface area contributed by atoms with E-state index in [2.05, 4.69) is 16.8 Å². The fraction of sp³-hybridized carbons (Fsp3) is 0.190. The summed E-state index contributed by atoms with van der Waals surface area (Å²) < 4.78 is 9.26. The lowest BCUT2D eigenvalue weighted by molar-refractivity contribution is 0.318. The van der Waals surface area contributed by atoms with Gasteiger partial charge in [0.05, 0.1) is 17.5 Å². The molecule has 148 valence electrons. The lowest BCUT2D eigenvalue weighted by atomic mass is 10.2. The van der Waals surface area contributed by atoms with E-state index in [1.807, 2.05) is 46.9 Å². The molecule has 0 bridgehead atoms. The minimum Gasteiger partial charge on any atom is -0.494 e. The summed E-state index contributed by atoms with van der Waals surface area (Å²) in [7, 11) is 0. The Morgan fingerprint density at radius 1 is 1.17 bits per heavy atom. The zero-order valence-corrected chi connectivity index (χ0v) is 17.2. The molecule has 0 fully saturated rings. The fourth-order valence-corrected chi connectivity index (χ4v) is 4.12. The minimum absolute atomic E-state index is 0.0909. The molecule has 0 amide bonds. The Kier molecular flexibility index (Phi) is 5.87. The van der Waals surface area contributed by atoms with E-state index in [0.29, 0.717) is 29.3 Å². The Hall–Kier alpha value is -2.77. The SMILES string of the molecule is C=CCn1c(=O)c2ccccc2n2c(SCCCOc3cccc(Cl)c3)nnc12. The maximum Gasteiger partial charge on any atom is 0.263 e. The van der Waals surface area contributed by atoms with Crippen LogP contribution in [0.5, 0.6) is 5.75 Å².